The van der Waals surface area contributed by atoms with Gasteiger partial charge in [-0.25, -0.2) is 4.98 Å². The summed E-state index contributed by atoms with van der Waals surface area (Å²) in [5.41, 5.74) is 5.72. The Labute approximate surface area is 119 Å². The summed E-state index contributed by atoms with van der Waals surface area (Å²) in [6, 6.07) is 1.65. The molecule has 0 aromatic carbocycles. The number of nitrogen functional groups attached to an aromatic ring is 1. The van der Waals surface area contributed by atoms with Crippen molar-refractivity contribution in [2.24, 2.45) is 0 Å². The number of hydrogen-bond donors (Lipinski definition) is 1. The maximum absolute atomic E-state index is 6.16. The summed E-state index contributed by atoms with van der Waals surface area (Å²) < 4.78 is 0. The zero-order chi connectivity index (χ0) is 13.7. The molecule has 1 aromatic rings. The van der Waals surface area contributed by atoms with Gasteiger partial charge in [-0.05, 0) is 40.1 Å². The Hall–Kier alpha value is -0.710. The SMILES string of the molecule is CCN(CCCN(C)C)c1nc(N)c(Cl)cc1Cl. The lowest BCUT2D eigenvalue weighted by molar-refractivity contribution is 0.400. The van der Waals surface area contributed by atoms with Gasteiger partial charge in [-0.3, -0.25) is 0 Å². The van der Waals surface area contributed by atoms with Crippen molar-refractivity contribution in [3.05, 3.63) is 16.1 Å². The van der Waals surface area contributed by atoms with E-state index in [1.54, 1.807) is 6.07 Å². The Kier molecular flexibility index (Phi) is 5.99. The second-order valence-electron chi connectivity index (χ2n) is 4.40. The van der Waals surface area contributed by atoms with Crippen molar-refractivity contribution in [1.82, 2.24) is 9.88 Å². The monoisotopic (exact) mass is 290 g/mol. The summed E-state index contributed by atoms with van der Waals surface area (Å²) in [5, 5.41) is 0.939. The third kappa shape index (κ3) is 4.19. The summed E-state index contributed by atoms with van der Waals surface area (Å²) in [7, 11) is 4.11. The van der Waals surface area contributed by atoms with Crippen LogP contribution in [0.3, 0.4) is 0 Å². The van der Waals surface area contributed by atoms with Crippen LogP contribution in [0.4, 0.5) is 11.6 Å². The number of hydrogen-bond acceptors (Lipinski definition) is 4. The second kappa shape index (κ2) is 7.02. The first-order chi connectivity index (χ1) is 8.45. The van der Waals surface area contributed by atoms with Crippen molar-refractivity contribution in [2.75, 3.05) is 44.4 Å². The number of halogens is 2. The Morgan fingerprint density at radius 2 is 1.89 bits per heavy atom. The van der Waals surface area contributed by atoms with Gasteiger partial charge in [-0.1, -0.05) is 23.2 Å². The molecule has 0 unspecified atom stereocenters. The summed E-state index contributed by atoms with van der Waals surface area (Å²) in [6.45, 7) is 4.82. The Bertz CT molecular complexity index is 396. The van der Waals surface area contributed by atoms with E-state index in [0.29, 0.717) is 21.7 Å². The molecular formula is C12H20Cl2N4. The van der Waals surface area contributed by atoms with E-state index in [1.807, 2.05) is 0 Å². The van der Waals surface area contributed by atoms with Crippen LogP contribution in [0.2, 0.25) is 10.0 Å². The number of pyridine rings is 1. The molecule has 0 aliphatic rings. The highest BCUT2D eigenvalue weighted by Gasteiger charge is 2.13. The van der Waals surface area contributed by atoms with Crippen LogP contribution >= 0.6 is 23.2 Å². The average molecular weight is 291 g/mol. The van der Waals surface area contributed by atoms with Crippen molar-refractivity contribution in [3.8, 4) is 0 Å². The van der Waals surface area contributed by atoms with E-state index in [9.17, 15) is 0 Å². The highest BCUT2D eigenvalue weighted by atomic mass is 35.5. The van der Waals surface area contributed by atoms with Gasteiger partial charge < -0.3 is 15.5 Å². The molecule has 1 aromatic heterocycles. The smallest absolute Gasteiger partial charge is 0.149 e. The molecule has 1 heterocycles. The molecule has 0 saturated carbocycles. The van der Waals surface area contributed by atoms with Crippen molar-refractivity contribution >= 4 is 34.8 Å². The van der Waals surface area contributed by atoms with E-state index >= 15 is 0 Å². The lowest BCUT2D eigenvalue weighted by Crippen LogP contribution is -2.28. The first kappa shape index (κ1) is 15.3. The summed E-state index contributed by atoms with van der Waals surface area (Å²) >= 11 is 12.0. The van der Waals surface area contributed by atoms with Gasteiger partial charge in [0.15, 0.2) is 0 Å². The quantitative estimate of drug-likeness (QED) is 0.875. The Morgan fingerprint density at radius 3 is 2.44 bits per heavy atom. The zero-order valence-electron chi connectivity index (χ0n) is 11.1. The molecule has 4 nitrogen and oxygen atoms in total. The van der Waals surface area contributed by atoms with Crippen LogP contribution in [0.1, 0.15) is 13.3 Å². The molecule has 0 fully saturated rings. The third-order valence-corrected chi connectivity index (χ3v) is 3.23. The van der Waals surface area contributed by atoms with Crippen LogP contribution < -0.4 is 10.6 Å². The number of aromatic nitrogens is 1. The Balaban J connectivity index is 2.78. The third-order valence-electron chi connectivity index (χ3n) is 2.65. The molecule has 0 aliphatic carbocycles. The molecule has 0 bridgehead atoms. The fourth-order valence-electron chi connectivity index (χ4n) is 1.68. The van der Waals surface area contributed by atoms with Gasteiger partial charge in [-0.2, -0.15) is 0 Å². The maximum atomic E-state index is 6.16. The first-order valence-corrected chi connectivity index (χ1v) is 6.72. The molecule has 2 N–H and O–H groups in total. The van der Waals surface area contributed by atoms with E-state index in [0.717, 1.165) is 26.1 Å². The lowest BCUT2D eigenvalue weighted by atomic mass is 10.3. The molecule has 6 heteroatoms. The first-order valence-electron chi connectivity index (χ1n) is 5.97. The summed E-state index contributed by atoms with van der Waals surface area (Å²) in [6.07, 6.45) is 1.04. The van der Waals surface area contributed by atoms with Gasteiger partial charge in [0.05, 0.1) is 10.0 Å². The summed E-state index contributed by atoms with van der Waals surface area (Å²) in [4.78, 5) is 8.53. The molecule has 0 spiro atoms. The van der Waals surface area contributed by atoms with Crippen molar-refractivity contribution < 1.29 is 0 Å². The van der Waals surface area contributed by atoms with Crippen molar-refractivity contribution in [3.63, 3.8) is 0 Å². The molecule has 1 rings (SSSR count). The number of nitrogens with two attached hydrogens (primary N) is 1. The van der Waals surface area contributed by atoms with Crippen LogP contribution in [0, 0.1) is 0 Å². The molecule has 0 saturated heterocycles. The second-order valence-corrected chi connectivity index (χ2v) is 5.21. The normalized spacial score (nSPS) is 11.0. The molecule has 18 heavy (non-hydrogen) atoms. The lowest BCUT2D eigenvalue weighted by Gasteiger charge is -2.24. The fraction of sp³-hybridized carbons (Fsp3) is 0.583. The average Bonchev–Trinajstić information content (AvgIpc) is 2.30. The minimum atomic E-state index is 0.321. The largest absolute Gasteiger partial charge is 0.382 e. The molecule has 0 atom stereocenters. The molecule has 102 valence electrons. The van der Waals surface area contributed by atoms with Crippen molar-refractivity contribution in [2.45, 2.75) is 13.3 Å². The fourth-order valence-corrected chi connectivity index (χ4v) is 2.16. The van der Waals surface area contributed by atoms with Crippen LogP contribution in [0.5, 0.6) is 0 Å². The van der Waals surface area contributed by atoms with Gasteiger partial charge in [0, 0.05) is 13.1 Å². The highest BCUT2D eigenvalue weighted by molar-refractivity contribution is 6.37. The van der Waals surface area contributed by atoms with Crippen molar-refractivity contribution in [1.29, 1.82) is 0 Å². The zero-order valence-corrected chi connectivity index (χ0v) is 12.6. The van der Waals surface area contributed by atoms with Crippen LogP contribution in [0.25, 0.3) is 0 Å². The van der Waals surface area contributed by atoms with E-state index in [4.69, 9.17) is 28.9 Å². The van der Waals surface area contributed by atoms with Crippen LogP contribution in [-0.4, -0.2) is 43.6 Å². The molecule has 0 radical (unpaired) electrons. The van der Waals surface area contributed by atoms with Crippen LogP contribution in [-0.2, 0) is 0 Å². The topological polar surface area (TPSA) is 45.4 Å². The van der Waals surface area contributed by atoms with Gasteiger partial charge in [0.1, 0.15) is 11.6 Å². The van der Waals surface area contributed by atoms with Gasteiger partial charge >= 0.3 is 0 Å². The maximum Gasteiger partial charge on any atom is 0.149 e. The van der Waals surface area contributed by atoms with Gasteiger partial charge in [-0.15, -0.1) is 0 Å². The molecular weight excluding hydrogens is 271 g/mol. The minimum Gasteiger partial charge on any atom is -0.382 e. The Morgan fingerprint density at radius 1 is 1.22 bits per heavy atom. The van der Waals surface area contributed by atoms with E-state index < -0.39 is 0 Å². The van der Waals surface area contributed by atoms with E-state index in [1.165, 1.54) is 0 Å². The van der Waals surface area contributed by atoms with Gasteiger partial charge in [0.25, 0.3) is 0 Å². The molecule has 0 aliphatic heterocycles. The van der Waals surface area contributed by atoms with E-state index in [2.05, 4.69) is 35.8 Å². The standard InChI is InChI=1S/C12H20Cl2N4/c1-4-18(7-5-6-17(2)3)12-10(14)8-9(13)11(15)16-12/h8H,4-7H2,1-3H3,(H2,15,16). The summed E-state index contributed by atoms with van der Waals surface area (Å²) in [5.74, 6) is 1.03. The van der Waals surface area contributed by atoms with E-state index in [-0.39, 0.29) is 0 Å². The number of nitrogens with zero attached hydrogens (tertiary/aromatic N) is 3. The van der Waals surface area contributed by atoms with Gasteiger partial charge in [0.2, 0.25) is 0 Å². The molecule has 0 amide bonds. The minimum absolute atomic E-state index is 0.321. The van der Waals surface area contributed by atoms with Crippen LogP contribution in [0.15, 0.2) is 6.07 Å². The number of rotatable bonds is 6. The highest BCUT2D eigenvalue weighted by Crippen LogP contribution is 2.29. The predicted molar refractivity (Wildman–Crippen MR) is 79.7 cm³/mol. The predicted octanol–water partition coefficient (Wildman–Crippen LogP) is 2.75. The number of anilines is 2.